The van der Waals surface area contributed by atoms with E-state index in [-0.39, 0.29) is 5.70 Å². The molecule has 0 aromatic heterocycles. The lowest BCUT2D eigenvalue weighted by Crippen LogP contribution is -2.09. The molecule has 0 aromatic rings. The third kappa shape index (κ3) is 3.28. The highest BCUT2D eigenvalue weighted by Gasteiger charge is 1.96. The van der Waals surface area contributed by atoms with E-state index in [2.05, 4.69) is 4.99 Å². The summed E-state index contributed by atoms with van der Waals surface area (Å²) in [7, 11) is 1.53. The minimum atomic E-state index is -1.13. The van der Waals surface area contributed by atoms with Gasteiger partial charge in [0.05, 0.1) is 0 Å². The standard InChI is InChI=1S/C5H8N2O2/c1-7-3-2-4(6)5(8)9/h2-3H,6H2,1H3,(H,8,9). The van der Waals surface area contributed by atoms with E-state index < -0.39 is 5.97 Å². The molecule has 0 heterocycles. The minimum absolute atomic E-state index is 0.208. The Balaban J connectivity index is 4.00. The van der Waals surface area contributed by atoms with Crippen LogP contribution in [0.4, 0.5) is 0 Å². The zero-order valence-corrected chi connectivity index (χ0v) is 5.03. The fourth-order valence-electron chi connectivity index (χ4n) is 0.226. The van der Waals surface area contributed by atoms with Crippen molar-refractivity contribution in [3.63, 3.8) is 0 Å². The van der Waals surface area contributed by atoms with Gasteiger partial charge in [0.1, 0.15) is 5.70 Å². The lowest BCUT2D eigenvalue weighted by Gasteiger charge is -1.86. The molecule has 50 valence electrons. The average Bonchev–Trinajstić information content (AvgIpc) is 1.82. The minimum Gasteiger partial charge on any atom is -0.477 e. The predicted molar refractivity (Wildman–Crippen MR) is 34.3 cm³/mol. The number of carboxylic acids is 1. The maximum Gasteiger partial charge on any atom is 0.351 e. The largest absolute Gasteiger partial charge is 0.477 e. The van der Waals surface area contributed by atoms with Gasteiger partial charge in [0.2, 0.25) is 0 Å². The molecule has 0 bridgehead atoms. The summed E-state index contributed by atoms with van der Waals surface area (Å²) < 4.78 is 0. The van der Waals surface area contributed by atoms with Crippen LogP contribution in [0.25, 0.3) is 0 Å². The summed E-state index contributed by atoms with van der Waals surface area (Å²) >= 11 is 0. The summed E-state index contributed by atoms with van der Waals surface area (Å²) in [5, 5.41) is 8.15. The zero-order valence-electron chi connectivity index (χ0n) is 5.03. The maximum atomic E-state index is 9.95. The first-order valence-electron chi connectivity index (χ1n) is 2.29. The number of carbonyl (C=O) groups is 1. The first-order valence-corrected chi connectivity index (χ1v) is 2.29. The first-order chi connectivity index (χ1) is 4.18. The second kappa shape index (κ2) is 3.65. The van der Waals surface area contributed by atoms with Crippen LogP contribution < -0.4 is 5.73 Å². The van der Waals surface area contributed by atoms with Crippen molar-refractivity contribution in [1.82, 2.24) is 0 Å². The highest BCUT2D eigenvalue weighted by molar-refractivity contribution is 5.90. The average molecular weight is 128 g/mol. The Morgan fingerprint density at radius 1 is 1.78 bits per heavy atom. The van der Waals surface area contributed by atoms with Crippen LogP contribution in [0, 0.1) is 0 Å². The van der Waals surface area contributed by atoms with Gasteiger partial charge in [-0.25, -0.2) is 4.79 Å². The topological polar surface area (TPSA) is 75.7 Å². The number of hydrogen-bond acceptors (Lipinski definition) is 3. The predicted octanol–water partition coefficient (Wildman–Crippen LogP) is -0.386. The molecule has 0 spiro atoms. The van der Waals surface area contributed by atoms with Crippen LogP contribution in [0.3, 0.4) is 0 Å². The molecule has 0 aliphatic carbocycles. The molecule has 0 saturated heterocycles. The van der Waals surface area contributed by atoms with Crippen LogP contribution in [-0.2, 0) is 4.79 Å². The zero-order chi connectivity index (χ0) is 7.28. The van der Waals surface area contributed by atoms with E-state index in [1.54, 1.807) is 0 Å². The molecule has 4 heteroatoms. The Bertz CT molecular complexity index is 160. The summed E-state index contributed by atoms with van der Waals surface area (Å²) in [5.74, 6) is -1.13. The monoisotopic (exact) mass is 128 g/mol. The van der Waals surface area contributed by atoms with Gasteiger partial charge in [-0.15, -0.1) is 0 Å². The number of allylic oxidation sites excluding steroid dienone is 1. The number of hydrogen-bond donors (Lipinski definition) is 2. The molecular formula is C5H8N2O2. The van der Waals surface area contributed by atoms with Gasteiger partial charge in [0, 0.05) is 13.3 Å². The van der Waals surface area contributed by atoms with Gasteiger partial charge >= 0.3 is 5.97 Å². The molecule has 0 amide bonds. The molecule has 9 heavy (non-hydrogen) atoms. The summed E-state index contributed by atoms with van der Waals surface area (Å²) in [6.07, 6.45) is 2.55. The smallest absolute Gasteiger partial charge is 0.351 e. The van der Waals surface area contributed by atoms with Gasteiger partial charge in [-0.05, 0) is 6.08 Å². The molecule has 0 rings (SSSR count). The van der Waals surface area contributed by atoms with Crippen molar-refractivity contribution >= 4 is 12.2 Å². The van der Waals surface area contributed by atoms with Gasteiger partial charge < -0.3 is 10.8 Å². The van der Waals surface area contributed by atoms with Crippen molar-refractivity contribution in [2.24, 2.45) is 10.7 Å². The van der Waals surface area contributed by atoms with Crippen molar-refractivity contribution in [3.05, 3.63) is 11.8 Å². The molecule has 0 radical (unpaired) electrons. The van der Waals surface area contributed by atoms with Crippen molar-refractivity contribution < 1.29 is 9.90 Å². The van der Waals surface area contributed by atoms with Crippen LogP contribution in [0.5, 0.6) is 0 Å². The molecule has 0 fully saturated rings. The lowest BCUT2D eigenvalue weighted by molar-refractivity contribution is -0.132. The van der Waals surface area contributed by atoms with Gasteiger partial charge in [-0.1, -0.05) is 0 Å². The normalized spacial score (nSPS) is 12.3. The van der Waals surface area contributed by atoms with Crippen molar-refractivity contribution in [3.8, 4) is 0 Å². The van der Waals surface area contributed by atoms with Crippen molar-refractivity contribution in [1.29, 1.82) is 0 Å². The Morgan fingerprint density at radius 3 is 2.67 bits per heavy atom. The van der Waals surface area contributed by atoms with E-state index >= 15 is 0 Å². The fourth-order valence-corrected chi connectivity index (χ4v) is 0.226. The number of carboxylic acid groups (broad SMARTS) is 1. The molecule has 0 atom stereocenters. The molecule has 0 aliphatic heterocycles. The van der Waals surface area contributed by atoms with Crippen molar-refractivity contribution in [2.75, 3.05) is 7.05 Å². The molecule has 0 saturated carbocycles. The second-order valence-corrected chi connectivity index (χ2v) is 1.33. The summed E-state index contributed by atoms with van der Waals surface area (Å²) in [5.41, 5.74) is 4.77. The number of nitrogens with two attached hydrogens (primary N) is 1. The molecule has 0 aromatic carbocycles. The van der Waals surface area contributed by atoms with E-state index in [0.717, 1.165) is 0 Å². The maximum absolute atomic E-state index is 9.95. The Hall–Kier alpha value is -1.32. The van der Waals surface area contributed by atoms with E-state index in [9.17, 15) is 4.79 Å². The number of nitrogens with zero attached hydrogens (tertiary/aromatic N) is 1. The van der Waals surface area contributed by atoms with Crippen LogP contribution in [-0.4, -0.2) is 24.3 Å². The molecule has 4 nitrogen and oxygen atoms in total. The summed E-state index contributed by atoms with van der Waals surface area (Å²) in [6, 6.07) is 0. The number of aliphatic imine (C=N–C) groups is 1. The van der Waals surface area contributed by atoms with Gasteiger partial charge in [-0.3, -0.25) is 4.99 Å². The van der Waals surface area contributed by atoms with Gasteiger partial charge in [0.15, 0.2) is 0 Å². The van der Waals surface area contributed by atoms with E-state index in [4.69, 9.17) is 10.8 Å². The first kappa shape index (κ1) is 7.68. The van der Waals surface area contributed by atoms with Crippen LogP contribution in [0.15, 0.2) is 16.8 Å². The fraction of sp³-hybridized carbons (Fsp3) is 0.200. The third-order valence-electron chi connectivity index (χ3n) is 0.650. The van der Waals surface area contributed by atoms with Crippen molar-refractivity contribution in [2.45, 2.75) is 0 Å². The molecule has 0 aliphatic rings. The van der Waals surface area contributed by atoms with E-state index in [1.165, 1.54) is 19.3 Å². The van der Waals surface area contributed by atoms with Crippen LogP contribution in [0.1, 0.15) is 0 Å². The van der Waals surface area contributed by atoms with Crippen LogP contribution >= 0.6 is 0 Å². The summed E-state index contributed by atoms with van der Waals surface area (Å²) in [4.78, 5) is 13.5. The highest BCUT2D eigenvalue weighted by atomic mass is 16.4. The number of rotatable bonds is 2. The summed E-state index contributed by atoms with van der Waals surface area (Å²) in [6.45, 7) is 0. The van der Waals surface area contributed by atoms with E-state index in [1.807, 2.05) is 0 Å². The Kier molecular flexibility index (Phi) is 3.12. The van der Waals surface area contributed by atoms with Gasteiger partial charge in [-0.2, -0.15) is 0 Å². The second-order valence-electron chi connectivity index (χ2n) is 1.33. The molecule has 0 unspecified atom stereocenters. The molecular weight excluding hydrogens is 120 g/mol. The van der Waals surface area contributed by atoms with Gasteiger partial charge in [0.25, 0.3) is 0 Å². The Labute approximate surface area is 52.7 Å². The van der Waals surface area contributed by atoms with Crippen LogP contribution in [0.2, 0.25) is 0 Å². The Morgan fingerprint density at radius 2 is 2.33 bits per heavy atom. The van der Waals surface area contributed by atoms with E-state index in [0.29, 0.717) is 0 Å². The third-order valence-corrected chi connectivity index (χ3v) is 0.650. The molecule has 3 N–H and O–H groups in total. The number of aliphatic carboxylic acids is 1. The lowest BCUT2D eigenvalue weighted by atomic mass is 10.4. The highest BCUT2D eigenvalue weighted by Crippen LogP contribution is 1.78. The quantitative estimate of drug-likeness (QED) is 0.393. The SMILES string of the molecule is CN=CC=C(N)C(=O)O.